The summed E-state index contributed by atoms with van der Waals surface area (Å²) in [5.41, 5.74) is -3.54. The smallest absolute Gasteiger partial charge is 0.419 e. The molecule has 3 nitrogen and oxygen atoms in total. The molecule has 0 atom stereocenters. The molecular weight excluding hydrogens is 341 g/mol. The van der Waals surface area contributed by atoms with Crippen LogP contribution in [-0.4, -0.2) is 17.6 Å². The predicted molar refractivity (Wildman–Crippen MR) is 57.9 cm³/mol. The van der Waals surface area contributed by atoms with E-state index in [1.165, 1.54) is 6.92 Å². The number of alkyl halides is 5. The van der Waals surface area contributed by atoms with E-state index in [9.17, 15) is 26.7 Å². The van der Waals surface area contributed by atoms with E-state index in [2.05, 4.69) is 25.7 Å². The minimum Gasteiger partial charge on any atom is -0.461 e. The molecule has 0 aliphatic carbocycles. The van der Waals surface area contributed by atoms with Gasteiger partial charge in [-0.05, 0) is 28.9 Å². The van der Waals surface area contributed by atoms with Crippen LogP contribution >= 0.6 is 15.9 Å². The summed E-state index contributed by atoms with van der Waals surface area (Å²) in [7, 11) is 0. The number of hydrogen-bond donors (Lipinski definition) is 0. The molecule has 0 aliphatic rings. The summed E-state index contributed by atoms with van der Waals surface area (Å²) in [6, 6.07) is 0.385. The fourth-order valence-corrected chi connectivity index (χ4v) is 1.94. The van der Waals surface area contributed by atoms with Crippen molar-refractivity contribution in [1.82, 2.24) is 4.98 Å². The van der Waals surface area contributed by atoms with Crippen LogP contribution in [0.3, 0.4) is 0 Å². The topological polar surface area (TPSA) is 39.2 Å². The third-order valence-electron chi connectivity index (χ3n) is 2.01. The number of ether oxygens (including phenoxy) is 1. The third-order valence-corrected chi connectivity index (χ3v) is 2.58. The summed E-state index contributed by atoms with van der Waals surface area (Å²) in [4.78, 5) is 14.6. The van der Waals surface area contributed by atoms with E-state index in [0.29, 0.717) is 6.07 Å². The van der Waals surface area contributed by atoms with Gasteiger partial charge in [0.1, 0.15) is 10.3 Å². The van der Waals surface area contributed by atoms with E-state index in [0.717, 1.165) is 0 Å². The van der Waals surface area contributed by atoms with Crippen molar-refractivity contribution in [3.63, 3.8) is 0 Å². The van der Waals surface area contributed by atoms with Crippen molar-refractivity contribution in [3.8, 4) is 0 Å². The van der Waals surface area contributed by atoms with Crippen LogP contribution in [-0.2, 0) is 10.9 Å². The van der Waals surface area contributed by atoms with Gasteiger partial charge in [0.25, 0.3) is 6.43 Å². The Kier molecular flexibility index (Phi) is 4.83. The van der Waals surface area contributed by atoms with Crippen molar-refractivity contribution in [2.45, 2.75) is 19.5 Å². The second-order valence-electron chi connectivity index (χ2n) is 3.28. The Morgan fingerprint density at radius 1 is 1.47 bits per heavy atom. The predicted octanol–water partition coefficient (Wildman–Crippen LogP) is 3.98. The molecule has 1 aromatic rings. The highest BCUT2D eigenvalue weighted by molar-refractivity contribution is 9.10. The molecule has 1 aromatic heterocycles. The zero-order chi connectivity index (χ0) is 14.8. The number of nitrogens with zero attached hydrogens (tertiary/aromatic N) is 1. The van der Waals surface area contributed by atoms with Crippen molar-refractivity contribution in [1.29, 1.82) is 0 Å². The molecule has 0 saturated heterocycles. The van der Waals surface area contributed by atoms with E-state index < -0.39 is 40.0 Å². The maximum absolute atomic E-state index is 12.7. The summed E-state index contributed by atoms with van der Waals surface area (Å²) in [6.45, 7) is 1.41. The molecule has 0 unspecified atom stereocenters. The van der Waals surface area contributed by atoms with Crippen LogP contribution in [0.5, 0.6) is 0 Å². The van der Waals surface area contributed by atoms with Crippen LogP contribution in [0.15, 0.2) is 10.7 Å². The molecule has 0 bridgehead atoms. The summed E-state index contributed by atoms with van der Waals surface area (Å²) in [5, 5.41) is 0. The van der Waals surface area contributed by atoms with Gasteiger partial charge in [0.15, 0.2) is 0 Å². The minimum atomic E-state index is -5.01. The lowest BCUT2D eigenvalue weighted by molar-refractivity contribution is -0.140. The fraction of sp³-hybridized carbons (Fsp3) is 0.400. The molecule has 0 radical (unpaired) electrons. The Balaban J connectivity index is 3.42. The van der Waals surface area contributed by atoms with E-state index in [4.69, 9.17) is 0 Å². The van der Waals surface area contributed by atoms with Gasteiger partial charge in [-0.3, -0.25) is 0 Å². The molecule has 0 N–H and O–H groups in total. The van der Waals surface area contributed by atoms with Crippen molar-refractivity contribution in [2.75, 3.05) is 6.61 Å². The van der Waals surface area contributed by atoms with Gasteiger partial charge in [-0.25, -0.2) is 18.6 Å². The highest BCUT2D eigenvalue weighted by Gasteiger charge is 2.39. The Labute approximate surface area is 112 Å². The van der Waals surface area contributed by atoms with Crippen LogP contribution in [0, 0.1) is 0 Å². The van der Waals surface area contributed by atoms with Gasteiger partial charge in [-0.2, -0.15) is 13.2 Å². The van der Waals surface area contributed by atoms with E-state index in [1.807, 2.05) is 0 Å². The maximum Gasteiger partial charge on any atom is 0.419 e. The van der Waals surface area contributed by atoms with Gasteiger partial charge in [-0.15, -0.1) is 0 Å². The molecule has 0 aromatic carbocycles. The van der Waals surface area contributed by atoms with E-state index in [1.54, 1.807) is 0 Å². The number of carbonyl (C=O) groups is 1. The van der Waals surface area contributed by atoms with Crippen molar-refractivity contribution >= 4 is 21.9 Å². The summed E-state index contributed by atoms with van der Waals surface area (Å²) < 4.78 is 66.8. The van der Waals surface area contributed by atoms with Gasteiger partial charge in [0.2, 0.25) is 0 Å². The highest BCUT2D eigenvalue weighted by atomic mass is 79.9. The minimum absolute atomic E-state index is 0.0524. The van der Waals surface area contributed by atoms with Gasteiger partial charge in [0.05, 0.1) is 12.2 Å². The average molecular weight is 348 g/mol. The molecule has 1 heterocycles. The third kappa shape index (κ3) is 3.62. The first kappa shape index (κ1) is 15.8. The summed E-state index contributed by atoms with van der Waals surface area (Å²) in [6.07, 6.45) is -8.41. The van der Waals surface area contributed by atoms with E-state index in [-0.39, 0.29) is 6.61 Å². The molecule has 0 spiro atoms. The van der Waals surface area contributed by atoms with Crippen LogP contribution in [0.4, 0.5) is 22.0 Å². The van der Waals surface area contributed by atoms with Crippen LogP contribution in [0.25, 0.3) is 0 Å². The molecule has 19 heavy (non-hydrogen) atoms. The number of halogens is 6. The second kappa shape index (κ2) is 5.81. The number of hydrogen-bond acceptors (Lipinski definition) is 3. The SMILES string of the molecule is CCOC(=O)c1cc(C(F)F)c(C(F)(F)F)c(Br)n1. The number of pyridine rings is 1. The zero-order valence-electron chi connectivity index (χ0n) is 9.39. The number of esters is 1. The van der Waals surface area contributed by atoms with Crippen molar-refractivity contribution < 1.29 is 31.5 Å². The standard InChI is InChI=1S/C10H7BrF5NO2/c1-2-19-9(18)5-3-4(8(12)13)6(7(11)17-5)10(14,15)16/h3,8H,2H2,1H3. The van der Waals surface area contributed by atoms with Crippen LogP contribution in [0.2, 0.25) is 0 Å². The molecule has 0 fully saturated rings. The van der Waals surface area contributed by atoms with Crippen molar-refractivity contribution in [3.05, 3.63) is 27.5 Å². The van der Waals surface area contributed by atoms with E-state index >= 15 is 0 Å². The Bertz CT molecular complexity index is 490. The first-order chi connectivity index (χ1) is 8.68. The fourth-order valence-electron chi connectivity index (χ4n) is 1.29. The highest BCUT2D eigenvalue weighted by Crippen LogP contribution is 2.40. The number of aromatic nitrogens is 1. The molecule has 106 valence electrons. The molecule has 0 aliphatic heterocycles. The van der Waals surface area contributed by atoms with Gasteiger partial charge in [0, 0.05) is 5.56 Å². The molecule has 0 amide bonds. The second-order valence-corrected chi connectivity index (χ2v) is 4.03. The van der Waals surface area contributed by atoms with Gasteiger partial charge < -0.3 is 4.74 Å². The summed E-state index contributed by atoms with van der Waals surface area (Å²) >= 11 is 2.45. The lowest BCUT2D eigenvalue weighted by Crippen LogP contribution is -2.16. The quantitative estimate of drug-likeness (QED) is 0.471. The summed E-state index contributed by atoms with van der Waals surface area (Å²) in [5.74, 6) is -1.07. The van der Waals surface area contributed by atoms with Crippen LogP contribution in [0.1, 0.15) is 35.0 Å². The number of rotatable bonds is 3. The molecule has 1 rings (SSSR count). The Morgan fingerprint density at radius 2 is 2.05 bits per heavy atom. The van der Waals surface area contributed by atoms with Gasteiger partial charge in [-0.1, -0.05) is 0 Å². The number of carbonyl (C=O) groups excluding carboxylic acids is 1. The largest absolute Gasteiger partial charge is 0.461 e. The van der Waals surface area contributed by atoms with Gasteiger partial charge >= 0.3 is 12.1 Å². The normalized spacial score (nSPS) is 11.8. The Hall–Kier alpha value is -1.25. The average Bonchev–Trinajstić information content (AvgIpc) is 2.26. The molecule has 9 heteroatoms. The van der Waals surface area contributed by atoms with Crippen LogP contribution < -0.4 is 0 Å². The Morgan fingerprint density at radius 3 is 2.47 bits per heavy atom. The van der Waals surface area contributed by atoms with Crippen molar-refractivity contribution in [2.24, 2.45) is 0 Å². The molecular formula is C10H7BrF5NO2. The lowest BCUT2D eigenvalue weighted by atomic mass is 10.1. The zero-order valence-corrected chi connectivity index (χ0v) is 11.0. The first-order valence-electron chi connectivity index (χ1n) is 4.91. The molecule has 0 saturated carbocycles. The monoisotopic (exact) mass is 347 g/mol. The lowest BCUT2D eigenvalue weighted by Gasteiger charge is -2.14. The maximum atomic E-state index is 12.7. The first-order valence-corrected chi connectivity index (χ1v) is 5.70.